The van der Waals surface area contributed by atoms with Crippen LogP contribution >= 0.6 is 0 Å². The molecule has 1 atom stereocenters. The largest absolute Gasteiger partial charge is 0.485 e. The molecule has 2 heteroatoms. The number of unbranched alkanes of at least 4 members (excludes halogenated alkanes) is 1. The lowest BCUT2D eigenvalue weighted by Gasteiger charge is -2.20. The summed E-state index contributed by atoms with van der Waals surface area (Å²) in [7, 11) is 3.75. The minimum absolute atomic E-state index is 0.150. The number of para-hydroxylation sites is 1. The van der Waals surface area contributed by atoms with Crippen LogP contribution in [0.2, 0.25) is 0 Å². The van der Waals surface area contributed by atoms with Crippen molar-refractivity contribution >= 4 is 0 Å². The third-order valence-corrected chi connectivity index (χ3v) is 3.59. The number of benzene rings is 2. The first-order chi connectivity index (χ1) is 12.1. The summed E-state index contributed by atoms with van der Waals surface area (Å²) in [6.07, 6.45) is 4.95. The summed E-state index contributed by atoms with van der Waals surface area (Å²) in [4.78, 5) is 0. The quantitative estimate of drug-likeness (QED) is 0.641. The average Bonchev–Trinajstić information content (AvgIpc) is 2.65. The van der Waals surface area contributed by atoms with Crippen LogP contribution in [0.5, 0.6) is 5.75 Å². The highest BCUT2D eigenvalue weighted by atomic mass is 16.5. The lowest BCUT2D eigenvalue weighted by atomic mass is 10.1. The first kappa shape index (κ1) is 23.2. The lowest BCUT2D eigenvalue weighted by molar-refractivity contribution is 0.192. The Morgan fingerprint density at radius 1 is 0.800 bits per heavy atom. The number of hydrogen-bond donors (Lipinski definition) is 1. The van der Waals surface area contributed by atoms with Crippen molar-refractivity contribution in [1.29, 1.82) is 0 Å². The van der Waals surface area contributed by atoms with Crippen molar-refractivity contribution in [1.82, 2.24) is 5.32 Å². The van der Waals surface area contributed by atoms with Crippen LogP contribution in [0.25, 0.3) is 0 Å². The lowest BCUT2D eigenvalue weighted by Crippen LogP contribution is -2.08. The minimum atomic E-state index is 0.150. The first-order valence-corrected chi connectivity index (χ1v) is 9.50. The summed E-state index contributed by atoms with van der Waals surface area (Å²) in [5.41, 5.74) is 2.44. The molecule has 2 nitrogen and oxygen atoms in total. The Kier molecular flexibility index (Phi) is 14.6. The Labute approximate surface area is 155 Å². The van der Waals surface area contributed by atoms with Gasteiger partial charge in [0.15, 0.2) is 0 Å². The normalized spacial score (nSPS) is 10.6. The Morgan fingerprint density at radius 3 is 1.80 bits per heavy atom. The fourth-order valence-corrected chi connectivity index (χ4v) is 2.07. The van der Waals surface area contributed by atoms with Gasteiger partial charge in [-0.3, -0.25) is 0 Å². The molecule has 0 aliphatic carbocycles. The third kappa shape index (κ3) is 10.6. The smallest absolute Gasteiger partial charge is 0.124 e. The van der Waals surface area contributed by atoms with Gasteiger partial charge >= 0.3 is 0 Å². The van der Waals surface area contributed by atoms with Gasteiger partial charge in [0.25, 0.3) is 0 Å². The van der Waals surface area contributed by atoms with E-state index in [0.717, 1.165) is 18.6 Å². The molecule has 0 radical (unpaired) electrons. The average molecular weight is 344 g/mol. The van der Waals surface area contributed by atoms with E-state index in [-0.39, 0.29) is 6.10 Å². The van der Waals surface area contributed by atoms with Crippen molar-refractivity contribution in [3.05, 3.63) is 65.7 Å². The topological polar surface area (TPSA) is 21.3 Å². The summed E-state index contributed by atoms with van der Waals surface area (Å²) in [5.74, 6) is 0.986. The monoisotopic (exact) mass is 343 g/mol. The second-order valence-corrected chi connectivity index (χ2v) is 6.07. The van der Waals surface area contributed by atoms with E-state index in [1.807, 2.05) is 38.4 Å². The highest BCUT2D eigenvalue weighted by Crippen LogP contribution is 2.27. The van der Waals surface area contributed by atoms with E-state index in [1.165, 1.54) is 24.0 Å². The van der Waals surface area contributed by atoms with E-state index in [2.05, 4.69) is 63.3 Å². The number of aryl methyl sites for hydroxylation is 1. The molecular weight excluding hydrogens is 306 g/mol. The fourth-order valence-electron chi connectivity index (χ4n) is 2.07. The molecule has 1 unspecified atom stereocenters. The van der Waals surface area contributed by atoms with Crippen molar-refractivity contribution in [2.24, 2.45) is 0 Å². The van der Waals surface area contributed by atoms with Gasteiger partial charge in [-0.05, 0) is 44.6 Å². The molecule has 2 rings (SSSR count). The molecule has 0 aromatic heterocycles. The molecule has 0 amide bonds. The summed E-state index contributed by atoms with van der Waals surface area (Å²) in [6, 6.07) is 18.6. The van der Waals surface area contributed by atoms with Crippen molar-refractivity contribution in [2.75, 3.05) is 14.1 Å². The van der Waals surface area contributed by atoms with Crippen molar-refractivity contribution in [3.63, 3.8) is 0 Å². The van der Waals surface area contributed by atoms with E-state index in [1.54, 1.807) is 0 Å². The standard InChI is InChI=1S/C17H20O.C4H10.C2H7N/c1-3-9-17(15-11-5-4-6-12-15)18-16-13-8-7-10-14(16)2;1-3-4-2;1-3-2/h4-8,10-13,17H,3,9H2,1-2H3;3-4H2,1-2H3;3H,1-2H3. The molecule has 140 valence electrons. The number of hydrogen-bond acceptors (Lipinski definition) is 2. The van der Waals surface area contributed by atoms with E-state index in [9.17, 15) is 0 Å². The molecule has 2 aromatic carbocycles. The molecule has 0 aliphatic heterocycles. The summed E-state index contributed by atoms with van der Waals surface area (Å²) >= 11 is 0. The van der Waals surface area contributed by atoms with Crippen LogP contribution in [-0.2, 0) is 0 Å². The Bertz CT molecular complexity index is 523. The van der Waals surface area contributed by atoms with Gasteiger partial charge in [-0.15, -0.1) is 0 Å². The van der Waals surface area contributed by atoms with Crippen molar-refractivity contribution in [2.45, 2.75) is 59.5 Å². The van der Waals surface area contributed by atoms with Gasteiger partial charge in [-0.2, -0.15) is 0 Å². The third-order valence-electron chi connectivity index (χ3n) is 3.59. The van der Waals surface area contributed by atoms with Gasteiger partial charge in [0, 0.05) is 0 Å². The zero-order valence-electron chi connectivity index (χ0n) is 17.0. The van der Waals surface area contributed by atoms with Crippen molar-refractivity contribution < 1.29 is 4.74 Å². The second kappa shape index (κ2) is 15.7. The molecule has 0 heterocycles. The van der Waals surface area contributed by atoms with Crippen LogP contribution in [0, 0.1) is 6.92 Å². The van der Waals surface area contributed by atoms with Gasteiger partial charge in [-0.1, -0.05) is 88.6 Å². The van der Waals surface area contributed by atoms with Gasteiger partial charge in [0.2, 0.25) is 0 Å². The van der Waals surface area contributed by atoms with E-state index < -0.39 is 0 Å². The fraction of sp³-hybridized carbons (Fsp3) is 0.478. The van der Waals surface area contributed by atoms with Gasteiger partial charge in [0.05, 0.1) is 0 Å². The maximum atomic E-state index is 6.17. The maximum Gasteiger partial charge on any atom is 0.124 e. The molecule has 0 saturated carbocycles. The first-order valence-electron chi connectivity index (χ1n) is 9.50. The summed E-state index contributed by atoms with van der Waals surface area (Å²) in [5, 5.41) is 2.75. The highest BCUT2D eigenvalue weighted by molar-refractivity contribution is 5.32. The molecule has 0 bridgehead atoms. The molecule has 0 spiro atoms. The van der Waals surface area contributed by atoms with Crippen LogP contribution in [0.4, 0.5) is 0 Å². The summed E-state index contributed by atoms with van der Waals surface area (Å²) < 4.78 is 6.17. The van der Waals surface area contributed by atoms with Gasteiger partial charge < -0.3 is 10.1 Å². The van der Waals surface area contributed by atoms with Crippen LogP contribution in [0.15, 0.2) is 54.6 Å². The Hall–Kier alpha value is -1.80. The molecule has 0 fully saturated rings. The predicted octanol–water partition coefficient (Wildman–Crippen LogP) is 6.56. The maximum absolute atomic E-state index is 6.17. The van der Waals surface area contributed by atoms with Crippen LogP contribution < -0.4 is 10.1 Å². The van der Waals surface area contributed by atoms with Crippen LogP contribution in [0.1, 0.15) is 63.7 Å². The zero-order valence-corrected chi connectivity index (χ0v) is 17.0. The molecule has 0 aliphatic rings. The summed E-state index contributed by atoms with van der Waals surface area (Å²) in [6.45, 7) is 8.64. The van der Waals surface area contributed by atoms with Crippen LogP contribution in [-0.4, -0.2) is 14.1 Å². The Morgan fingerprint density at radius 2 is 1.32 bits per heavy atom. The Balaban J connectivity index is 0.000000708. The number of nitrogens with one attached hydrogen (secondary N) is 1. The number of rotatable bonds is 6. The zero-order chi connectivity index (χ0) is 18.9. The molecule has 25 heavy (non-hydrogen) atoms. The molecule has 1 N–H and O–H groups in total. The predicted molar refractivity (Wildman–Crippen MR) is 111 cm³/mol. The second-order valence-electron chi connectivity index (χ2n) is 6.07. The van der Waals surface area contributed by atoms with E-state index in [0.29, 0.717) is 0 Å². The number of ether oxygens (including phenoxy) is 1. The molecule has 2 aromatic rings. The molecule has 0 saturated heterocycles. The van der Waals surface area contributed by atoms with E-state index in [4.69, 9.17) is 4.74 Å². The van der Waals surface area contributed by atoms with E-state index >= 15 is 0 Å². The van der Waals surface area contributed by atoms with Gasteiger partial charge in [-0.25, -0.2) is 0 Å². The highest BCUT2D eigenvalue weighted by Gasteiger charge is 2.12. The SMILES string of the molecule is CCCC.CCCC(Oc1ccccc1C)c1ccccc1.CNC. The van der Waals surface area contributed by atoms with Gasteiger partial charge in [0.1, 0.15) is 11.9 Å². The van der Waals surface area contributed by atoms with Crippen LogP contribution in [0.3, 0.4) is 0 Å². The molecular formula is C23H37NO. The minimum Gasteiger partial charge on any atom is -0.485 e. The van der Waals surface area contributed by atoms with Crippen molar-refractivity contribution in [3.8, 4) is 5.75 Å².